The number of hydrogen-bond donors (Lipinski definition) is 0. The smallest absolute Gasteiger partial charge is 0.146 e. The number of rotatable bonds is 3. The van der Waals surface area contributed by atoms with Gasteiger partial charge in [-0.15, -0.1) is 0 Å². The molecule has 0 saturated carbocycles. The Morgan fingerprint density at radius 3 is 2.59 bits per heavy atom. The molecular weight excluding hydrogens is 351 g/mol. The Balaban J connectivity index is 2.16. The number of aromatic nitrogens is 2. The third-order valence-corrected chi connectivity index (χ3v) is 3.67. The highest BCUT2D eigenvalue weighted by Crippen LogP contribution is 2.17. The van der Waals surface area contributed by atoms with Crippen LogP contribution in [0.4, 0.5) is 0 Å². The first-order valence-electron chi connectivity index (χ1n) is 4.99. The Morgan fingerprint density at radius 2 is 2.00 bits per heavy atom. The molecule has 0 aliphatic rings. The van der Waals surface area contributed by atoms with Crippen molar-refractivity contribution in [2.24, 2.45) is 0 Å². The lowest BCUT2D eigenvalue weighted by atomic mass is 10.1. The predicted octanol–water partition coefficient (Wildman–Crippen LogP) is 3.33. The lowest BCUT2D eigenvalue weighted by Crippen LogP contribution is -1.98. The summed E-state index contributed by atoms with van der Waals surface area (Å²) in [6, 6.07) is 7.83. The zero-order valence-corrected chi connectivity index (χ0v) is 12.1. The minimum Gasteiger partial charge on any atom is -0.497 e. The van der Waals surface area contributed by atoms with Gasteiger partial charge in [0.05, 0.1) is 10.7 Å². The number of methoxy groups -OCH3 is 1. The SMILES string of the molecule is COc1ccc(Cc2ncc(I)c(Cl)n2)cc1. The van der Waals surface area contributed by atoms with Gasteiger partial charge < -0.3 is 4.74 Å². The molecule has 0 fully saturated rings. The summed E-state index contributed by atoms with van der Waals surface area (Å²) in [6.07, 6.45) is 2.40. The Labute approximate surface area is 118 Å². The van der Waals surface area contributed by atoms with E-state index in [0.29, 0.717) is 11.6 Å². The van der Waals surface area contributed by atoms with Crippen LogP contribution in [0.25, 0.3) is 0 Å². The van der Waals surface area contributed by atoms with Crippen molar-refractivity contribution in [2.75, 3.05) is 7.11 Å². The van der Waals surface area contributed by atoms with Gasteiger partial charge in [0, 0.05) is 12.6 Å². The fourth-order valence-corrected chi connectivity index (χ4v) is 1.80. The summed E-state index contributed by atoms with van der Waals surface area (Å²) in [5.74, 6) is 1.57. The highest BCUT2D eigenvalue weighted by Gasteiger charge is 2.03. The molecule has 1 aromatic carbocycles. The average molecular weight is 361 g/mol. The van der Waals surface area contributed by atoms with Crippen LogP contribution in [-0.4, -0.2) is 17.1 Å². The van der Waals surface area contributed by atoms with Crippen LogP contribution < -0.4 is 4.74 Å². The zero-order chi connectivity index (χ0) is 12.3. The average Bonchev–Trinajstić information content (AvgIpc) is 2.35. The van der Waals surface area contributed by atoms with E-state index in [1.54, 1.807) is 13.3 Å². The fourth-order valence-electron chi connectivity index (χ4n) is 1.39. The second-order valence-electron chi connectivity index (χ2n) is 3.45. The maximum absolute atomic E-state index is 5.95. The Morgan fingerprint density at radius 1 is 1.29 bits per heavy atom. The first kappa shape index (κ1) is 12.6. The van der Waals surface area contributed by atoms with E-state index >= 15 is 0 Å². The molecule has 1 aromatic heterocycles. The minimum atomic E-state index is 0.504. The van der Waals surface area contributed by atoms with Crippen molar-refractivity contribution in [1.82, 2.24) is 9.97 Å². The molecule has 5 heteroatoms. The molecule has 17 heavy (non-hydrogen) atoms. The second kappa shape index (κ2) is 5.64. The highest BCUT2D eigenvalue weighted by atomic mass is 127. The van der Waals surface area contributed by atoms with Crippen molar-refractivity contribution >= 4 is 34.2 Å². The lowest BCUT2D eigenvalue weighted by Gasteiger charge is -2.03. The van der Waals surface area contributed by atoms with Gasteiger partial charge >= 0.3 is 0 Å². The monoisotopic (exact) mass is 360 g/mol. The quantitative estimate of drug-likeness (QED) is 0.622. The standard InChI is InChI=1S/C12H10ClIN2O/c1-17-9-4-2-8(3-5-9)6-11-15-7-10(14)12(13)16-11/h2-5,7H,6H2,1H3. The number of nitrogens with zero attached hydrogens (tertiary/aromatic N) is 2. The van der Waals surface area contributed by atoms with E-state index < -0.39 is 0 Å². The van der Waals surface area contributed by atoms with Crippen LogP contribution >= 0.6 is 34.2 Å². The predicted molar refractivity (Wildman–Crippen MR) is 75.6 cm³/mol. The van der Waals surface area contributed by atoms with E-state index in [9.17, 15) is 0 Å². The molecule has 1 heterocycles. The minimum absolute atomic E-state index is 0.504. The number of benzene rings is 1. The number of ether oxygens (including phenoxy) is 1. The van der Waals surface area contributed by atoms with Crippen LogP contribution in [0.5, 0.6) is 5.75 Å². The van der Waals surface area contributed by atoms with Crippen molar-refractivity contribution in [3.63, 3.8) is 0 Å². The molecular formula is C12H10ClIN2O. The summed E-state index contributed by atoms with van der Waals surface area (Å²) in [4.78, 5) is 8.47. The molecule has 88 valence electrons. The van der Waals surface area contributed by atoms with Gasteiger partial charge in [-0.05, 0) is 40.3 Å². The Bertz CT molecular complexity index is 516. The van der Waals surface area contributed by atoms with E-state index in [2.05, 4.69) is 32.6 Å². The fraction of sp³-hybridized carbons (Fsp3) is 0.167. The summed E-state index contributed by atoms with van der Waals surface area (Å²) in [6.45, 7) is 0. The first-order chi connectivity index (χ1) is 8.19. The molecule has 2 aromatic rings. The lowest BCUT2D eigenvalue weighted by molar-refractivity contribution is 0.414. The zero-order valence-electron chi connectivity index (χ0n) is 9.15. The van der Waals surface area contributed by atoms with Crippen LogP contribution in [-0.2, 0) is 6.42 Å². The van der Waals surface area contributed by atoms with Gasteiger partial charge in [0.1, 0.15) is 16.7 Å². The van der Waals surface area contributed by atoms with Gasteiger partial charge in [0.2, 0.25) is 0 Å². The molecule has 0 atom stereocenters. The van der Waals surface area contributed by atoms with Gasteiger partial charge in [-0.2, -0.15) is 0 Å². The molecule has 0 radical (unpaired) electrons. The van der Waals surface area contributed by atoms with E-state index in [-0.39, 0.29) is 0 Å². The number of hydrogen-bond acceptors (Lipinski definition) is 3. The molecule has 0 bridgehead atoms. The van der Waals surface area contributed by atoms with Crippen LogP contribution in [0.15, 0.2) is 30.5 Å². The normalized spacial score (nSPS) is 10.3. The molecule has 3 nitrogen and oxygen atoms in total. The first-order valence-corrected chi connectivity index (χ1v) is 6.44. The van der Waals surface area contributed by atoms with Crippen molar-refractivity contribution < 1.29 is 4.74 Å². The molecule has 0 amide bonds. The second-order valence-corrected chi connectivity index (χ2v) is 4.97. The largest absolute Gasteiger partial charge is 0.497 e. The summed E-state index contributed by atoms with van der Waals surface area (Å²) in [7, 11) is 1.65. The van der Waals surface area contributed by atoms with Crippen molar-refractivity contribution in [1.29, 1.82) is 0 Å². The molecule has 0 spiro atoms. The van der Waals surface area contributed by atoms with E-state index in [0.717, 1.165) is 20.7 Å². The summed E-state index contributed by atoms with van der Waals surface area (Å²) in [5.41, 5.74) is 1.13. The molecule has 2 rings (SSSR count). The third kappa shape index (κ3) is 3.29. The van der Waals surface area contributed by atoms with Gasteiger partial charge in [-0.25, -0.2) is 9.97 Å². The topological polar surface area (TPSA) is 35.0 Å². The van der Waals surface area contributed by atoms with Crippen LogP contribution in [0.1, 0.15) is 11.4 Å². The molecule has 0 aliphatic heterocycles. The molecule has 0 aliphatic carbocycles. The molecule has 0 N–H and O–H groups in total. The van der Waals surface area contributed by atoms with E-state index in [4.69, 9.17) is 16.3 Å². The third-order valence-electron chi connectivity index (χ3n) is 2.27. The molecule has 0 unspecified atom stereocenters. The van der Waals surface area contributed by atoms with Gasteiger partial charge in [-0.3, -0.25) is 0 Å². The van der Waals surface area contributed by atoms with Crippen LogP contribution in [0.3, 0.4) is 0 Å². The highest BCUT2D eigenvalue weighted by molar-refractivity contribution is 14.1. The number of halogens is 2. The maximum Gasteiger partial charge on any atom is 0.146 e. The maximum atomic E-state index is 5.95. The van der Waals surface area contributed by atoms with Crippen LogP contribution in [0, 0.1) is 3.57 Å². The van der Waals surface area contributed by atoms with Gasteiger partial charge in [-0.1, -0.05) is 23.7 Å². The van der Waals surface area contributed by atoms with E-state index in [1.807, 2.05) is 24.3 Å². The molecule has 0 saturated heterocycles. The van der Waals surface area contributed by atoms with Crippen LogP contribution in [0.2, 0.25) is 5.15 Å². The summed E-state index contributed by atoms with van der Waals surface area (Å²) >= 11 is 8.06. The van der Waals surface area contributed by atoms with Crippen molar-refractivity contribution in [3.05, 3.63) is 50.6 Å². The Kier molecular flexibility index (Phi) is 4.17. The summed E-state index contributed by atoms with van der Waals surface area (Å²) < 4.78 is 5.96. The van der Waals surface area contributed by atoms with Gasteiger partial charge in [0.15, 0.2) is 0 Å². The van der Waals surface area contributed by atoms with Crippen molar-refractivity contribution in [2.45, 2.75) is 6.42 Å². The van der Waals surface area contributed by atoms with Gasteiger partial charge in [0.25, 0.3) is 0 Å². The van der Waals surface area contributed by atoms with Crippen molar-refractivity contribution in [3.8, 4) is 5.75 Å². The van der Waals surface area contributed by atoms with E-state index in [1.165, 1.54) is 0 Å². The Hall–Kier alpha value is -0.880. The summed E-state index contributed by atoms with van der Waals surface area (Å²) in [5, 5.41) is 0.504.